The quantitative estimate of drug-likeness (QED) is 0.722. The third-order valence-electron chi connectivity index (χ3n) is 2.60. The van der Waals surface area contributed by atoms with Crippen molar-refractivity contribution in [3.8, 4) is 5.88 Å². The molecule has 0 saturated carbocycles. The molecular weight excluding hydrogens is 329 g/mol. The van der Waals surface area contributed by atoms with E-state index in [-0.39, 0.29) is 28.0 Å². The first kappa shape index (κ1) is 16.1. The number of nitrogen functional groups attached to an aromatic ring is 1. The fourth-order valence-corrected chi connectivity index (χ4v) is 2.08. The summed E-state index contributed by atoms with van der Waals surface area (Å²) in [5.74, 6) is -0.00620. The number of nitrogens with two attached hydrogens (primary N) is 1. The molecule has 0 radical (unpaired) electrons. The SMILES string of the molecule is CCOc1ncnc(NNC(=O)c2ccc(Cl)cc2Cl)c1N. The van der Waals surface area contributed by atoms with Gasteiger partial charge in [0.2, 0.25) is 5.88 Å². The van der Waals surface area contributed by atoms with Gasteiger partial charge in [0.05, 0.1) is 17.2 Å². The molecule has 4 N–H and O–H groups in total. The van der Waals surface area contributed by atoms with Gasteiger partial charge in [-0.15, -0.1) is 0 Å². The van der Waals surface area contributed by atoms with Crippen molar-refractivity contribution in [3.05, 3.63) is 40.1 Å². The number of ether oxygens (including phenoxy) is 1. The highest BCUT2D eigenvalue weighted by atomic mass is 35.5. The standard InChI is InChI=1S/C13H13Cl2N5O2/c1-2-22-13-10(16)11(17-6-18-13)19-20-12(21)8-4-3-7(14)5-9(8)15/h3-6H,2,16H2,1H3,(H,20,21)(H,17,18,19). The highest BCUT2D eigenvalue weighted by Crippen LogP contribution is 2.24. The number of halogens is 2. The molecule has 22 heavy (non-hydrogen) atoms. The van der Waals surface area contributed by atoms with E-state index in [4.69, 9.17) is 33.7 Å². The zero-order chi connectivity index (χ0) is 16.1. The molecule has 1 aromatic heterocycles. The summed E-state index contributed by atoms with van der Waals surface area (Å²) in [5.41, 5.74) is 11.3. The first-order valence-corrected chi connectivity index (χ1v) is 7.03. The maximum absolute atomic E-state index is 12.1. The number of anilines is 2. The van der Waals surface area contributed by atoms with E-state index < -0.39 is 5.91 Å². The summed E-state index contributed by atoms with van der Waals surface area (Å²) in [6.07, 6.45) is 1.27. The van der Waals surface area contributed by atoms with Gasteiger partial charge >= 0.3 is 0 Å². The predicted molar refractivity (Wildman–Crippen MR) is 85.2 cm³/mol. The number of nitrogens with one attached hydrogen (secondary N) is 2. The number of hydrogen-bond acceptors (Lipinski definition) is 6. The van der Waals surface area contributed by atoms with Crippen molar-refractivity contribution in [2.75, 3.05) is 17.8 Å². The summed E-state index contributed by atoms with van der Waals surface area (Å²) in [4.78, 5) is 19.9. The fraction of sp³-hybridized carbons (Fsp3) is 0.154. The first-order valence-electron chi connectivity index (χ1n) is 6.27. The Bertz CT molecular complexity index is 696. The Labute approximate surface area is 136 Å². The molecule has 0 aliphatic carbocycles. The molecule has 0 unspecified atom stereocenters. The molecule has 0 spiro atoms. The minimum Gasteiger partial charge on any atom is -0.476 e. The number of nitrogens with zero attached hydrogens (tertiary/aromatic N) is 2. The number of benzene rings is 1. The zero-order valence-electron chi connectivity index (χ0n) is 11.6. The third-order valence-corrected chi connectivity index (χ3v) is 3.15. The summed E-state index contributed by atoms with van der Waals surface area (Å²) >= 11 is 11.7. The van der Waals surface area contributed by atoms with Crippen LogP contribution in [0.25, 0.3) is 0 Å². The van der Waals surface area contributed by atoms with Gasteiger partial charge in [-0.3, -0.25) is 15.6 Å². The number of rotatable bonds is 5. The van der Waals surface area contributed by atoms with Crippen LogP contribution in [0.2, 0.25) is 10.0 Å². The number of amides is 1. The van der Waals surface area contributed by atoms with Crippen LogP contribution in [0, 0.1) is 0 Å². The molecule has 1 heterocycles. The normalized spacial score (nSPS) is 10.1. The highest BCUT2D eigenvalue weighted by Gasteiger charge is 2.13. The van der Waals surface area contributed by atoms with E-state index in [0.29, 0.717) is 11.6 Å². The van der Waals surface area contributed by atoms with Crippen molar-refractivity contribution >= 4 is 40.6 Å². The molecule has 0 aliphatic heterocycles. The van der Waals surface area contributed by atoms with E-state index in [9.17, 15) is 4.79 Å². The number of carbonyl (C=O) groups excluding carboxylic acids is 1. The summed E-state index contributed by atoms with van der Waals surface area (Å²) in [6.45, 7) is 2.21. The second-order valence-electron chi connectivity index (χ2n) is 4.08. The van der Waals surface area contributed by atoms with E-state index in [1.54, 1.807) is 13.0 Å². The molecule has 1 amide bonds. The Hall–Kier alpha value is -2.25. The van der Waals surface area contributed by atoms with Gasteiger partial charge in [0.1, 0.15) is 12.0 Å². The lowest BCUT2D eigenvalue weighted by Gasteiger charge is -2.12. The lowest BCUT2D eigenvalue weighted by atomic mass is 10.2. The summed E-state index contributed by atoms with van der Waals surface area (Å²) in [6, 6.07) is 4.55. The maximum atomic E-state index is 12.1. The lowest BCUT2D eigenvalue weighted by molar-refractivity contribution is 0.0962. The zero-order valence-corrected chi connectivity index (χ0v) is 13.1. The number of carbonyl (C=O) groups is 1. The molecule has 0 fully saturated rings. The molecule has 9 heteroatoms. The Balaban J connectivity index is 2.09. The van der Waals surface area contributed by atoms with Crippen molar-refractivity contribution in [3.63, 3.8) is 0 Å². The van der Waals surface area contributed by atoms with Crippen molar-refractivity contribution in [2.45, 2.75) is 6.92 Å². The number of hydrogen-bond donors (Lipinski definition) is 3. The second-order valence-corrected chi connectivity index (χ2v) is 4.92. The van der Waals surface area contributed by atoms with Gasteiger partial charge in [-0.05, 0) is 25.1 Å². The van der Waals surface area contributed by atoms with E-state index in [1.165, 1.54) is 18.5 Å². The second kappa shape index (κ2) is 7.15. The molecule has 116 valence electrons. The Morgan fingerprint density at radius 3 is 2.82 bits per heavy atom. The van der Waals surface area contributed by atoms with E-state index in [0.717, 1.165) is 0 Å². The van der Waals surface area contributed by atoms with Crippen LogP contribution in [0.3, 0.4) is 0 Å². The van der Waals surface area contributed by atoms with Gasteiger partial charge in [-0.25, -0.2) is 4.98 Å². The first-order chi connectivity index (χ1) is 10.5. The van der Waals surface area contributed by atoms with Gasteiger partial charge in [0.25, 0.3) is 5.91 Å². The van der Waals surface area contributed by atoms with Gasteiger partial charge in [-0.2, -0.15) is 4.98 Å². The van der Waals surface area contributed by atoms with Crippen LogP contribution in [0.4, 0.5) is 11.5 Å². The molecule has 0 aliphatic rings. The summed E-state index contributed by atoms with van der Waals surface area (Å²) in [5, 5.41) is 0.674. The summed E-state index contributed by atoms with van der Waals surface area (Å²) < 4.78 is 5.24. The van der Waals surface area contributed by atoms with E-state index in [1.807, 2.05) is 0 Å². The van der Waals surface area contributed by atoms with Gasteiger partial charge < -0.3 is 10.5 Å². The lowest BCUT2D eigenvalue weighted by Crippen LogP contribution is -2.30. The predicted octanol–water partition coefficient (Wildman–Crippen LogP) is 2.52. The van der Waals surface area contributed by atoms with Crippen LogP contribution in [0.5, 0.6) is 5.88 Å². The minimum absolute atomic E-state index is 0.187. The van der Waals surface area contributed by atoms with Crippen LogP contribution >= 0.6 is 23.2 Å². The Kier molecular flexibility index (Phi) is 5.24. The van der Waals surface area contributed by atoms with Crippen LogP contribution in [0.15, 0.2) is 24.5 Å². The minimum atomic E-state index is -0.461. The monoisotopic (exact) mass is 341 g/mol. The van der Waals surface area contributed by atoms with E-state index in [2.05, 4.69) is 20.8 Å². The van der Waals surface area contributed by atoms with Crippen LogP contribution in [-0.4, -0.2) is 22.5 Å². The van der Waals surface area contributed by atoms with Crippen molar-refractivity contribution < 1.29 is 9.53 Å². The van der Waals surface area contributed by atoms with Crippen molar-refractivity contribution in [1.29, 1.82) is 0 Å². The number of aromatic nitrogens is 2. The molecule has 0 bridgehead atoms. The average Bonchev–Trinajstić information content (AvgIpc) is 2.48. The van der Waals surface area contributed by atoms with Gasteiger partial charge in [0.15, 0.2) is 5.82 Å². The van der Waals surface area contributed by atoms with Crippen LogP contribution in [-0.2, 0) is 0 Å². The number of hydrazine groups is 1. The largest absolute Gasteiger partial charge is 0.476 e. The fourth-order valence-electron chi connectivity index (χ4n) is 1.59. The topological polar surface area (TPSA) is 102 Å². The van der Waals surface area contributed by atoms with Crippen LogP contribution < -0.4 is 21.3 Å². The third kappa shape index (κ3) is 3.69. The molecular formula is C13H13Cl2N5O2. The van der Waals surface area contributed by atoms with Gasteiger partial charge in [-0.1, -0.05) is 23.2 Å². The maximum Gasteiger partial charge on any atom is 0.271 e. The molecule has 0 atom stereocenters. The summed E-state index contributed by atoms with van der Waals surface area (Å²) in [7, 11) is 0. The average molecular weight is 342 g/mol. The van der Waals surface area contributed by atoms with Crippen molar-refractivity contribution in [2.24, 2.45) is 0 Å². The smallest absolute Gasteiger partial charge is 0.271 e. The molecule has 2 aromatic rings. The Morgan fingerprint density at radius 1 is 1.36 bits per heavy atom. The Morgan fingerprint density at radius 2 is 2.14 bits per heavy atom. The van der Waals surface area contributed by atoms with Gasteiger partial charge in [0, 0.05) is 5.02 Å². The van der Waals surface area contributed by atoms with Crippen molar-refractivity contribution in [1.82, 2.24) is 15.4 Å². The molecule has 7 nitrogen and oxygen atoms in total. The van der Waals surface area contributed by atoms with Crippen LogP contribution in [0.1, 0.15) is 17.3 Å². The highest BCUT2D eigenvalue weighted by molar-refractivity contribution is 6.36. The molecule has 0 saturated heterocycles. The molecule has 1 aromatic carbocycles. The van der Waals surface area contributed by atoms with E-state index >= 15 is 0 Å². The molecule has 2 rings (SSSR count).